The van der Waals surface area contributed by atoms with E-state index < -0.39 is 90.1 Å². The van der Waals surface area contributed by atoms with Crippen LogP contribution in [0, 0.1) is 5.92 Å². The molecule has 2 heterocycles. The SMILES string of the molecule is CSCC[C@H](NC(=O)[C@H](CCC(=O)O)NC(=O)[C@@H](N)Cc1c[nH]c2ccccc12)C(=O)N[C@H](C(=O)N[C@@H](C)C(=O)N1CCC[C@H]1C(=O)O)C(C)C. The molecule has 0 spiro atoms. The lowest BCUT2D eigenvalue weighted by Crippen LogP contribution is -2.60. The lowest BCUT2D eigenvalue weighted by atomic mass is 10.0. The van der Waals surface area contributed by atoms with Crippen LogP contribution in [0.2, 0.25) is 0 Å². The van der Waals surface area contributed by atoms with E-state index in [4.69, 9.17) is 5.73 Å². The lowest BCUT2D eigenvalue weighted by Gasteiger charge is -2.29. The Kier molecular flexibility index (Phi) is 15.3. The second-order valence-electron chi connectivity index (χ2n) is 13.0. The minimum Gasteiger partial charge on any atom is -0.481 e. The molecule has 0 bridgehead atoms. The van der Waals surface area contributed by atoms with Crippen LogP contribution in [-0.2, 0) is 40.0 Å². The van der Waals surface area contributed by atoms with Crippen molar-refractivity contribution >= 4 is 64.1 Å². The van der Waals surface area contributed by atoms with E-state index in [1.807, 2.05) is 24.3 Å². The Balaban J connectivity index is 1.69. The van der Waals surface area contributed by atoms with Gasteiger partial charge in [-0.15, -0.1) is 0 Å². The predicted molar refractivity (Wildman–Crippen MR) is 190 cm³/mol. The number of rotatable bonds is 19. The van der Waals surface area contributed by atoms with E-state index >= 15 is 0 Å². The summed E-state index contributed by atoms with van der Waals surface area (Å²) in [4.78, 5) is 94.0. The summed E-state index contributed by atoms with van der Waals surface area (Å²) in [5, 5.41) is 30.1. The van der Waals surface area contributed by atoms with Gasteiger partial charge < -0.3 is 47.1 Å². The van der Waals surface area contributed by atoms with E-state index in [0.29, 0.717) is 18.6 Å². The highest BCUT2D eigenvalue weighted by molar-refractivity contribution is 7.98. The van der Waals surface area contributed by atoms with E-state index in [1.54, 1.807) is 26.3 Å². The number of hydrogen-bond donors (Lipinski definition) is 8. The number of amides is 5. The van der Waals surface area contributed by atoms with Crippen molar-refractivity contribution in [3.05, 3.63) is 36.0 Å². The molecule has 6 atom stereocenters. The second-order valence-corrected chi connectivity index (χ2v) is 14.0. The van der Waals surface area contributed by atoms with E-state index in [1.165, 1.54) is 23.6 Å². The molecular weight excluding hydrogens is 682 g/mol. The molecule has 0 unspecified atom stereocenters. The number of hydrogen-bond acceptors (Lipinski definition) is 9. The van der Waals surface area contributed by atoms with Crippen LogP contribution in [0.15, 0.2) is 30.5 Å². The largest absolute Gasteiger partial charge is 0.481 e. The summed E-state index contributed by atoms with van der Waals surface area (Å²) in [6.07, 6.45) is 3.95. The van der Waals surface area contributed by atoms with Gasteiger partial charge in [0.1, 0.15) is 30.2 Å². The predicted octanol–water partition coefficient (Wildman–Crippen LogP) is 0.346. The topological polar surface area (TPSA) is 253 Å². The molecule has 17 heteroatoms. The van der Waals surface area contributed by atoms with Crippen molar-refractivity contribution < 1.29 is 43.8 Å². The molecule has 1 aromatic heterocycles. The third kappa shape index (κ3) is 11.4. The summed E-state index contributed by atoms with van der Waals surface area (Å²) in [7, 11) is 0. The van der Waals surface area contributed by atoms with Crippen molar-refractivity contribution in [2.45, 2.75) is 95.5 Å². The van der Waals surface area contributed by atoms with Gasteiger partial charge in [-0.2, -0.15) is 11.8 Å². The summed E-state index contributed by atoms with van der Waals surface area (Å²) >= 11 is 1.41. The van der Waals surface area contributed by atoms with Gasteiger partial charge in [-0.3, -0.25) is 28.8 Å². The fourth-order valence-electron chi connectivity index (χ4n) is 5.91. The quantitative estimate of drug-likeness (QED) is 0.0978. The molecule has 16 nitrogen and oxygen atoms in total. The van der Waals surface area contributed by atoms with Gasteiger partial charge in [0.05, 0.1) is 6.04 Å². The minimum atomic E-state index is -1.33. The van der Waals surface area contributed by atoms with E-state index in [0.717, 1.165) is 16.5 Å². The maximum Gasteiger partial charge on any atom is 0.326 e. The summed E-state index contributed by atoms with van der Waals surface area (Å²) < 4.78 is 0. The fraction of sp³-hybridized carbons (Fsp3) is 0.559. The lowest BCUT2D eigenvalue weighted by molar-refractivity contribution is -0.149. The van der Waals surface area contributed by atoms with Gasteiger partial charge in [-0.1, -0.05) is 32.0 Å². The highest BCUT2D eigenvalue weighted by Crippen LogP contribution is 2.20. The summed E-state index contributed by atoms with van der Waals surface area (Å²) in [5.74, 6) is -5.73. The zero-order valence-corrected chi connectivity index (χ0v) is 30.1. The van der Waals surface area contributed by atoms with Crippen LogP contribution in [-0.4, -0.2) is 116 Å². The minimum absolute atomic E-state index is 0.142. The smallest absolute Gasteiger partial charge is 0.326 e. The van der Waals surface area contributed by atoms with Crippen LogP contribution in [0.1, 0.15) is 58.4 Å². The molecule has 1 fully saturated rings. The van der Waals surface area contributed by atoms with Crippen molar-refractivity contribution in [2.75, 3.05) is 18.6 Å². The number of nitrogens with one attached hydrogen (secondary N) is 5. The van der Waals surface area contributed by atoms with E-state index in [-0.39, 0.29) is 25.8 Å². The molecule has 1 saturated heterocycles. The standard InChI is InChI=1S/C34H49N7O9S/c1-18(2)28(32(47)37-19(3)33(48)41-14-7-10-26(41)34(49)50)40-31(46)25(13-15-51-4)39-30(45)24(11-12-27(42)43)38-29(44)22(35)16-20-17-36-23-9-6-5-8-21(20)23/h5-6,8-9,17-19,22,24-26,28,36H,7,10-16,35H2,1-4H3,(H,37,47)(H,38,44)(H,39,45)(H,40,46)(H,42,43)(H,49,50)/t19-,22-,24-,25-,26-,28-/m0/s1. The van der Waals surface area contributed by atoms with Crippen molar-refractivity contribution in [1.82, 2.24) is 31.2 Å². The Labute approximate surface area is 300 Å². The first-order chi connectivity index (χ1) is 24.1. The number of likely N-dealkylation sites (tertiary alicyclic amines) is 1. The van der Waals surface area contributed by atoms with Crippen LogP contribution in [0.4, 0.5) is 0 Å². The number of nitrogens with zero attached hydrogens (tertiary/aromatic N) is 1. The third-order valence-corrected chi connectivity index (χ3v) is 9.42. The van der Waals surface area contributed by atoms with Crippen LogP contribution in [0.25, 0.3) is 10.9 Å². The molecule has 1 aliphatic rings. The summed E-state index contributed by atoms with van der Waals surface area (Å²) in [6.45, 7) is 5.06. The molecule has 1 aromatic carbocycles. The highest BCUT2D eigenvalue weighted by Gasteiger charge is 2.38. The van der Waals surface area contributed by atoms with Crippen LogP contribution >= 0.6 is 11.8 Å². The second kappa shape index (κ2) is 19.1. The van der Waals surface area contributed by atoms with Crippen LogP contribution in [0.3, 0.4) is 0 Å². The Morgan fingerprint density at radius 3 is 2.22 bits per heavy atom. The number of carbonyl (C=O) groups is 7. The number of carbonyl (C=O) groups excluding carboxylic acids is 5. The van der Waals surface area contributed by atoms with Gasteiger partial charge in [0, 0.05) is 30.1 Å². The number of aromatic amines is 1. The summed E-state index contributed by atoms with van der Waals surface area (Å²) in [5.41, 5.74) is 7.86. The molecule has 0 saturated carbocycles. The number of aromatic nitrogens is 1. The molecule has 9 N–H and O–H groups in total. The maximum atomic E-state index is 13.6. The number of H-pyrrole nitrogens is 1. The van der Waals surface area contributed by atoms with Crippen LogP contribution in [0.5, 0.6) is 0 Å². The first kappa shape index (κ1) is 40.8. The molecule has 2 aromatic rings. The van der Waals surface area contributed by atoms with Gasteiger partial charge in [-0.05, 0) is 68.6 Å². The number of thioether (sulfide) groups is 1. The molecule has 0 radical (unpaired) electrons. The van der Waals surface area contributed by atoms with E-state index in [2.05, 4.69) is 26.3 Å². The number of nitrogens with two attached hydrogens (primary N) is 1. The number of benzene rings is 1. The number of aliphatic carboxylic acids is 2. The average molecular weight is 732 g/mol. The number of carboxylic acid groups (broad SMARTS) is 2. The zero-order valence-electron chi connectivity index (χ0n) is 29.3. The van der Waals surface area contributed by atoms with Crippen molar-refractivity contribution in [2.24, 2.45) is 11.7 Å². The highest BCUT2D eigenvalue weighted by atomic mass is 32.2. The number of carboxylic acids is 2. The van der Waals surface area contributed by atoms with Crippen molar-refractivity contribution in [3.63, 3.8) is 0 Å². The van der Waals surface area contributed by atoms with Crippen LogP contribution < -0.4 is 27.0 Å². The Morgan fingerprint density at radius 2 is 1.57 bits per heavy atom. The first-order valence-corrected chi connectivity index (χ1v) is 18.3. The molecule has 5 amide bonds. The normalized spacial score (nSPS) is 17.2. The molecule has 51 heavy (non-hydrogen) atoms. The van der Waals surface area contributed by atoms with Gasteiger partial charge in [0.2, 0.25) is 29.5 Å². The van der Waals surface area contributed by atoms with Gasteiger partial charge in [0.25, 0.3) is 0 Å². The van der Waals surface area contributed by atoms with Gasteiger partial charge in [-0.25, -0.2) is 4.79 Å². The first-order valence-electron chi connectivity index (χ1n) is 16.9. The Morgan fingerprint density at radius 1 is 0.922 bits per heavy atom. The fourth-order valence-corrected chi connectivity index (χ4v) is 6.38. The summed E-state index contributed by atoms with van der Waals surface area (Å²) in [6, 6.07) is 0.751. The molecular formula is C34H49N7O9S. The Bertz CT molecular complexity index is 1580. The third-order valence-electron chi connectivity index (χ3n) is 8.77. The maximum absolute atomic E-state index is 13.6. The van der Waals surface area contributed by atoms with Crippen molar-refractivity contribution in [3.8, 4) is 0 Å². The average Bonchev–Trinajstić information content (AvgIpc) is 3.74. The molecule has 3 rings (SSSR count). The molecule has 1 aliphatic heterocycles. The van der Waals surface area contributed by atoms with Gasteiger partial charge >= 0.3 is 11.9 Å². The molecule has 280 valence electrons. The van der Waals surface area contributed by atoms with Gasteiger partial charge in [0.15, 0.2) is 0 Å². The van der Waals surface area contributed by atoms with Crippen molar-refractivity contribution in [1.29, 1.82) is 0 Å². The Hall–Kier alpha value is -4.64. The number of fused-ring (bicyclic) bond motifs is 1. The zero-order chi connectivity index (χ0) is 37.8. The number of para-hydroxylation sites is 1. The monoisotopic (exact) mass is 731 g/mol. The van der Waals surface area contributed by atoms with E-state index in [9.17, 15) is 43.8 Å². The molecule has 0 aliphatic carbocycles.